The van der Waals surface area contributed by atoms with Crippen molar-refractivity contribution in [1.82, 2.24) is 0 Å². The molecule has 72 valence electrons. The first kappa shape index (κ1) is 10.8. The molecule has 0 saturated heterocycles. The standard InChI is InChI=1S/C10H13IO2/c1-10(2,12)8-6-7(13-3)4-5-9(8)11/h4-6,12H,1-3H3. The van der Waals surface area contributed by atoms with Crippen LogP contribution >= 0.6 is 22.6 Å². The van der Waals surface area contributed by atoms with Crippen LogP contribution in [0.2, 0.25) is 0 Å². The minimum Gasteiger partial charge on any atom is -0.497 e. The van der Waals surface area contributed by atoms with E-state index in [0.717, 1.165) is 14.9 Å². The van der Waals surface area contributed by atoms with Gasteiger partial charge in [0.05, 0.1) is 12.7 Å². The Kier molecular flexibility index (Phi) is 3.18. The Hall–Kier alpha value is -0.290. The molecule has 3 heteroatoms. The Bertz CT molecular complexity index is 302. The average molecular weight is 292 g/mol. The van der Waals surface area contributed by atoms with Crippen LogP contribution in [0.3, 0.4) is 0 Å². The molecule has 1 aromatic carbocycles. The Balaban J connectivity index is 3.19. The van der Waals surface area contributed by atoms with Crippen molar-refractivity contribution in [2.24, 2.45) is 0 Å². The minimum absolute atomic E-state index is 0.776. The topological polar surface area (TPSA) is 29.5 Å². The van der Waals surface area contributed by atoms with Crippen molar-refractivity contribution in [2.75, 3.05) is 7.11 Å². The predicted molar refractivity (Wildman–Crippen MR) is 61.0 cm³/mol. The summed E-state index contributed by atoms with van der Waals surface area (Å²) < 4.78 is 6.14. The summed E-state index contributed by atoms with van der Waals surface area (Å²) in [4.78, 5) is 0. The third kappa shape index (κ3) is 2.57. The number of aliphatic hydroxyl groups is 1. The lowest BCUT2D eigenvalue weighted by Gasteiger charge is -2.20. The number of rotatable bonds is 2. The second kappa shape index (κ2) is 3.84. The fourth-order valence-electron chi connectivity index (χ4n) is 1.10. The van der Waals surface area contributed by atoms with Crippen molar-refractivity contribution in [1.29, 1.82) is 0 Å². The van der Waals surface area contributed by atoms with E-state index in [1.54, 1.807) is 21.0 Å². The highest BCUT2D eigenvalue weighted by Gasteiger charge is 2.19. The maximum absolute atomic E-state index is 9.83. The van der Waals surface area contributed by atoms with Gasteiger partial charge in [0.25, 0.3) is 0 Å². The van der Waals surface area contributed by atoms with Crippen LogP contribution in [0.15, 0.2) is 18.2 Å². The van der Waals surface area contributed by atoms with Crippen LogP contribution in [0.25, 0.3) is 0 Å². The number of halogens is 1. The number of methoxy groups -OCH3 is 1. The molecule has 0 radical (unpaired) electrons. The fraction of sp³-hybridized carbons (Fsp3) is 0.400. The summed E-state index contributed by atoms with van der Waals surface area (Å²) in [5.41, 5.74) is 0.0814. The van der Waals surface area contributed by atoms with Gasteiger partial charge in [-0.25, -0.2) is 0 Å². The van der Waals surface area contributed by atoms with Gasteiger partial charge in [0.2, 0.25) is 0 Å². The highest BCUT2D eigenvalue weighted by Crippen LogP contribution is 2.28. The zero-order chi connectivity index (χ0) is 10.1. The number of ether oxygens (including phenoxy) is 1. The van der Waals surface area contributed by atoms with E-state index in [4.69, 9.17) is 4.74 Å². The quantitative estimate of drug-likeness (QED) is 0.849. The summed E-state index contributed by atoms with van der Waals surface area (Å²) in [6, 6.07) is 5.69. The van der Waals surface area contributed by atoms with Crippen LogP contribution < -0.4 is 4.74 Å². The Morgan fingerprint density at radius 1 is 1.38 bits per heavy atom. The Morgan fingerprint density at radius 3 is 2.46 bits per heavy atom. The molecular weight excluding hydrogens is 279 g/mol. The maximum Gasteiger partial charge on any atom is 0.119 e. The average Bonchev–Trinajstić information content (AvgIpc) is 2.03. The molecule has 0 fully saturated rings. The summed E-state index contributed by atoms with van der Waals surface area (Å²) in [5, 5.41) is 9.83. The SMILES string of the molecule is COc1ccc(I)c(C(C)(C)O)c1. The van der Waals surface area contributed by atoms with Gasteiger partial charge in [0.1, 0.15) is 5.75 Å². The molecule has 1 aromatic rings. The van der Waals surface area contributed by atoms with Gasteiger partial charge >= 0.3 is 0 Å². The fourth-order valence-corrected chi connectivity index (χ4v) is 2.10. The van der Waals surface area contributed by atoms with Gasteiger partial charge in [-0.2, -0.15) is 0 Å². The molecule has 0 spiro atoms. The minimum atomic E-state index is -0.814. The van der Waals surface area contributed by atoms with E-state index in [9.17, 15) is 5.11 Å². The van der Waals surface area contributed by atoms with Crippen LogP contribution in [0.5, 0.6) is 5.75 Å². The van der Waals surface area contributed by atoms with Crippen LogP contribution in [0.4, 0.5) is 0 Å². The van der Waals surface area contributed by atoms with Crippen LogP contribution in [-0.2, 0) is 5.60 Å². The number of benzene rings is 1. The van der Waals surface area contributed by atoms with E-state index >= 15 is 0 Å². The van der Waals surface area contributed by atoms with Crippen LogP contribution in [0, 0.1) is 3.57 Å². The molecule has 2 nitrogen and oxygen atoms in total. The second-order valence-electron chi connectivity index (χ2n) is 3.40. The van der Waals surface area contributed by atoms with Gasteiger partial charge in [0.15, 0.2) is 0 Å². The molecule has 0 aliphatic heterocycles. The third-order valence-corrected chi connectivity index (χ3v) is 2.77. The summed E-state index contributed by atoms with van der Waals surface area (Å²) in [6.07, 6.45) is 0. The lowest BCUT2D eigenvalue weighted by atomic mass is 9.98. The molecule has 1 N–H and O–H groups in total. The molecular formula is C10H13IO2. The van der Waals surface area contributed by atoms with E-state index in [-0.39, 0.29) is 0 Å². The first-order valence-electron chi connectivity index (χ1n) is 4.01. The van der Waals surface area contributed by atoms with Gasteiger partial charge in [-0.3, -0.25) is 0 Å². The number of hydrogen-bond donors (Lipinski definition) is 1. The predicted octanol–water partition coefficient (Wildman–Crippen LogP) is 2.53. The van der Waals surface area contributed by atoms with Crippen molar-refractivity contribution in [2.45, 2.75) is 19.4 Å². The van der Waals surface area contributed by atoms with Crippen molar-refractivity contribution < 1.29 is 9.84 Å². The third-order valence-electron chi connectivity index (χ3n) is 1.83. The largest absolute Gasteiger partial charge is 0.497 e. The normalized spacial score (nSPS) is 11.5. The zero-order valence-corrected chi connectivity index (χ0v) is 10.1. The highest BCUT2D eigenvalue weighted by atomic mass is 127. The van der Waals surface area contributed by atoms with Crippen molar-refractivity contribution in [3.63, 3.8) is 0 Å². The van der Waals surface area contributed by atoms with Crippen LogP contribution in [0.1, 0.15) is 19.4 Å². The number of hydrogen-bond acceptors (Lipinski definition) is 2. The van der Waals surface area contributed by atoms with Gasteiger partial charge in [0, 0.05) is 3.57 Å². The van der Waals surface area contributed by atoms with Crippen molar-refractivity contribution in [3.8, 4) is 5.75 Å². The second-order valence-corrected chi connectivity index (χ2v) is 4.57. The first-order valence-corrected chi connectivity index (χ1v) is 5.09. The molecule has 0 heterocycles. The maximum atomic E-state index is 9.83. The lowest BCUT2D eigenvalue weighted by Crippen LogP contribution is -2.17. The van der Waals surface area contributed by atoms with Crippen molar-refractivity contribution in [3.05, 3.63) is 27.3 Å². The summed E-state index contributed by atoms with van der Waals surface area (Å²) in [7, 11) is 1.62. The molecule has 13 heavy (non-hydrogen) atoms. The van der Waals surface area contributed by atoms with Gasteiger partial charge in [-0.15, -0.1) is 0 Å². The molecule has 0 unspecified atom stereocenters. The van der Waals surface area contributed by atoms with Gasteiger partial charge < -0.3 is 9.84 Å². The Labute approximate surface area is 92.1 Å². The smallest absolute Gasteiger partial charge is 0.119 e. The zero-order valence-electron chi connectivity index (χ0n) is 7.97. The molecule has 1 rings (SSSR count). The molecule has 0 aliphatic carbocycles. The van der Waals surface area contributed by atoms with Crippen LogP contribution in [-0.4, -0.2) is 12.2 Å². The lowest BCUT2D eigenvalue weighted by molar-refractivity contribution is 0.0774. The monoisotopic (exact) mass is 292 g/mol. The van der Waals surface area contributed by atoms with E-state index in [1.807, 2.05) is 18.2 Å². The highest BCUT2D eigenvalue weighted by molar-refractivity contribution is 14.1. The molecule has 0 aromatic heterocycles. The Morgan fingerprint density at radius 2 is 2.00 bits per heavy atom. The van der Waals surface area contributed by atoms with E-state index in [2.05, 4.69) is 22.6 Å². The summed E-state index contributed by atoms with van der Waals surface area (Å²) in [6.45, 7) is 3.54. The summed E-state index contributed by atoms with van der Waals surface area (Å²) in [5.74, 6) is 0.776. The molecule has 0 bridgehead atoms. The molecule has 0 atom stereocenters. The van der Waals surface area contributed by atoms with Gasteiger partial charge in [-0.1, -0.05) is 0 Å². The summed E-state index contributed by atoms with van der Waals surface area (Å²) >= 11 is 2.20. The molecule has 0 amide bonds. The first-order chi connectivity index (χ1) is 5.95. The van der Waals surface area contributed by atoms with Gasteiger partial charge in [-0.05, 0) is 60.2 Å². The van der Waals surface area contributed by atoms with Crippen molar-refractivity contribution >= 4 is 22.6 Å². The van der Waals surface area contributed by atoms with E-state index in [0.29, 0.717) is 0 Å². The van der Waals surface area contributed by atoms with E-state index in [1.165, 1.54) is 0 Å². The molecule has 0 aliphatic rings. The molecule has 0 saturated carbocycles. The van der Waals surface area contributed by atoms with E-state index < -0.39 is 5.60 Å².